The summed E-state index contributed by atoms with van der Waals surface area (Å²) < 4.78 is 0. The van der Waals surface area contributed by atoms with Gasteiger partial charge in [-0.2, -0.15) is 0 Å². The third kappa shape index (κ3) is 8.41. The highest BCUT2D eigenvalue weighted by molar-refractivity contribution is 5.82. The molecule has 0 rings (SSSR count). The van der Waals surface area contributed by atoms with Crippen molar-refractivity contribution in [2.75, 3.05) is 26.7 Å². The lowest BCUT2D eigenvalue weighted by atomic mass is 10.2. The molecule has 0 unspecified atom stereocenters. The molecule has 0 aliphatic heterocycles. The van der Waals surface area contributed by atoms with Crippen LogP contribution in [0, 0.1) is 5.92 Å². The van der Waals surface area contributed by atoms with Crippen LogP contribution in [0.4, 0.5) is 0 Å². The fourth-order valence-corrected chi connectivity index (χ4v) is 1.33. The van der Waals surface area contributed by atoms with Crippen LogP contribution in [-0.4, -0.2) is 43.3 Å². The average molecular weight is 228 g/mol. The molecule has 0 spiro atoms. The highest BCUT2D eigenvalue weighted by atomic mass is 16.2. The van der Waals surface area contributed by atoms with E-state index in [1.807, 2.05) is 6.92 Å². The van der Waals surface area contributed by atoms with Crippen molar-refractivity contribution in [2.45, 2.75) is 33.6 Å². The lowest BCUT2D eigenvalue weighted by molar-refractivity contribution is -0.123. The molecule has 0 aromatic heterocycles. The van der Waals surface area contributed by atoms with Crippen molar-refractivity contribution in [2.24, 2.45) is 5.92 Å². The molecule has 4 nitrogen and oxygen atoms in total. The summed E-state index contributed by atoms with van der Waals surface area (Å²) in [7, 11) is 1.79. The molecule has 0 radical (unpaired) electrons. The van der Waals surface area contributed by atoms with Gasteiger partial charge in [0, 0.05) is 13.0 Å². The molecule has 0 aliphatic carbocycles. The molecule has 4 heteroatoms. The Hall–Kier alpha value is -0.900. The highest BCUT2D eigenvalue weighted by Gasteiger charge is 2.09. The molecular weight excluding hydrogens is 204 g/mol. The van der Waals surface area contributed by atoms with E-state index in [2.05, 4.69) is 19.2 Å². The van der Waals surface area contributed by atoms with Crippen molar-refractivity contribution >= 4 is 11.7 Å². The second kappa shape index (κ2) is 8.28. The Labute approximate surface area is 98.4 Å². The Bertz CT molecular complexity index is 227. The fraction of sp³-hybridized carbons (Fsp3) is 0.833. The van der Waals surface area contributed by atoms with Gasteiger partial charge < -0.3 is 5.32 Å². The maximum absolute atomic E-state index is 11.4. The zero-order valence-electron chi connectivity index (χ0n) is 10.9. The predicted octanol–water partition coefficient (Wildman–Crippen LogP) is 1.06. The Morgan fingerprint density at radius 2 is 1.88 bits per heavy atom. The van der Waals surface area contributed by atoms with Crippen LogP contribution in [0.3, 0.4) is 0 Å². The van der Waals surface area contributed by atoms with E-state index in [1.165, 1.54) is 0 Å². The highest BCUT2D eigenvalue weighted by Crippen LogP contribution is 1.93. The molecule has 0 bridgehead atoms. The van der Waals surface area contributed by atoms with Crippen LogP contribution in [0.1, 0.15) is 33.6 Å². The van der Waals surface area contributed by atoms with Gasteiger partial charge in [0.25, 0.3) is 0 Å². The topological polar surface area (TPSA) is 49.4 Å². The number of hydrogen-bond acceptors (Lipinski definition) is 3. The minimum atomic E-state index is -0.0134. The van der Waals surface area contributed by atoms with E-state index in [9.17, 15) is 9.59 Å². The van der Waals surface area contributed by atoms with Gasteiger partial charge in [-0.05, 0) is 19.4 Å². The molecule has 1 amide bonds. The van der Waals surface area contributed by atoms with E-state index in [1.54, 1.807) is 11.9 Å². The van der Waals surface area contributed by atoms with Crippen LogP contribution in [0.25, 0.3) is 0 Å². The van der Waals surface area contributed by atoms with E-state index < -0.39 is 0 Å². The normalized spacial score (nSPS) is 10.9. The van der Waals surface area contributed by atoms with E-state index in [-0.39, 0.29) is 11.7 Å². The van der Waals surface area contributed by atoms with Gasteiger partial charge in [-0.15, -0.1) is 0 Å². The van der Waals surface area contributed by atoms with Gasteiger partial charge in [0.1, 0.15) is 5.78 Å². The zero-order valence-corrected chi connectivity index (χ0v) is 10.9. The molecular formula is C12H24N2O2. The predicted molar refractivity (Wildman–Crippen MR) is 65.3 cm³/mol. The van der Waals surface area contributed by atoms with Crippen LogP contribution in [0.2, 0.25) is 0 Å². The largest absolute Gasteiger partial charge is 0.355 e. The summed E-state index contributed by atoms with van der Waals surface area (Å²) in [4.78, 5) is 24.5. The van der Waals surface area contributed by atoms with Crippen molar-refractivity contribution in [1.29, 1.82) is 0 Å². The molecule has 0 saturated heterocycles. The van der Waals surface area contributed by atoms with E-state index in [4.69, 9.17) is 0 Å². The van der Waals surface area contributed by atoms with Crippen LogP contribution < -0.4 is 5.32 Å². The first kappa shape index (κ1) is 15.1. The molecule has 0 atom stereocenters. The Morgan fingerprint density at radius 1 is 1.25 bits per heavy atom. The van der Waals surface area contributed by atoms with Crippen molar-refractivity contribution in [3.8, 4) is 0 Å². The number of carbonyl (C=O) groups excluding carboxylic acids is 2. The quantitative estimate of drug-likeness (QED) is 0.676. The maximum Gasteiger partial charge on any atom is 0.234 e. The van der Waals surface area contributed by atoms with Crippen molar-refractivity contribution in [3.63, 3.8) is 0 Å². The molecule has 0 fully saturated rings. The van der Waals surface area contributed by atoms with Gasteiger partial charge in [-0.3, -0.25) is 14.5 Å². The standard InChI is InChI=1S/C12H24N2O2/c1-5-6-11(15)8-14(4)9-12(16)13-7-10(2)3/h10H,5-9H2,1-4H3,(H,13,16). The van der Waals surface area contributed by atoms with Crippen molar-refractivity contribution in [1.82, 2.24) is 10.2 Å². The minimum absolute atomic E-state index is 0.0134. The maximum atomic E-state index is 11.4. The number of Topliss-reactive ketones (excluding diaryl/α,β-unsaturated/α-hetero) is 1. The van der Waals surface area contributed by atoms with Gasteiger partial charge in [0.2, 0.25) is 5.91 Å². The van der Waals surface area contributed by atoms with Crippen molar-refractivity contribution < 1.29 is 9.59 Å². The molecule has 0 aromatic rings. The van der Waals surface area contributed by atoms with Gasteiger partial charge >= 0.3 is 0 Å². The Kier molecular flexibility index (Phi) is 7.81. The molecule has 16 heavy (non-hydrogen) atoms. The van der Waals surface area contributed by atoms with Crippen LogP contribution in [-0.2, 0) is 9.59 Å². The summed E-state index contributed by atoms with van der Waals surface area (Å²) in [6.45, 7) is 7.43. The lowest BCUT2D eigenvalue weighted by Crippen LogP contribution is -2.38. The summed E-state index contributed by atoms with van der Waals surface area (Å²) in [5, 5.41) is 2.83. The Morgan fingerprint density at radius 3 is 2.38 bits per heavy atom. The lowest BCUT2D eigenvalue weighted by Gasteiger charge is -2.15. The third-order valence-electron chi connectivity index (χ3n) is 2.10. The van der Waals surface area contributed by atoms with Gasteiger partial charge in [-0.1, -0.05) is 20.8 Å². The first-order valence-corrected chi connectivity index (χ1v) is 5.92. The molecule has 0 aliphatic rings. The smallest absolute Gasteiger partial charge is 0.234 e. The molecule has 0 heterocycles. The first-order chi connectivity index (χ1) is 7.45. The molecule has 1 N–H and O–H groups in total. The summed E-state index contributed by atoms with van der Waals surface area (Å²) in [6, 6.07) is 0. The second-order valence-corrected chi connectivity index (χ2v) is 4.66. The van der Waals surface area contributed by atoms with Crippen LogP contribution in [0.15, 0.2) is 0 Å². The summed E-state index contributed by atoms with van der Waals surface area (Å²) >= 11 is 0. The number of likely N-dealkylation sites (N-methyl/N-ethyl adjacent to an activating group) is 1. The minimum Gasteiger partial charge on any atom is -0.355 e. The summed E-state index contributed by atoms with van der Waals surface area (Å²) in [5.74, 6) is 0.637. The molecule has 94 valence electrons. The number of carbonyl (C=O) groups is 2. The zero-order chi connectivity index (χ0) is 12.6. The Balaban J connectivity index is 3.73. The number of rotatable bonds is 8. The third-order valence-corrected chi connectivity index (χ3v) is 2.10. The number of nitrogens with one attached hydrogen (secondary N) is 1. The SMILES string of the molecule is CCCC(=O)CN(C)CC(=O)NCC(C)C. The fourth-order valence-electron chi connectivity index (χ4n) is 1.33. The van der Waals surface area contributed by atoms with E-state index in [0.717, 1.165) is 6.42 Å². The van der Waals surface area contributed by atoms with Crippen molar-refractivity contribution in [3.05, 3.63) is 0 Å². The average Bonchev–Trinajstić information content (AvgIpc) is 2.14. The first-order valence-electron chi connectivity index (χ1n) is 5.92. The molecule has 0 aromatic carbocycles. The summed E-state index contributed by atoms with van der Waals surface area (Å²) in [5.41, 5.74) is 0. The van der Waals surface area contributed by atoms with Crippen LogP contribution >= 0.6 is 0 Å². The number of ketones is 1. The van der Waals surface area contributed by atoms with Crippen LogP contribution in [0.5, 0.6) is 0 Å². The second-order valence-electron chi connectivity index (χ2n) is 4.66. The number of nitrogens with zero attached hydrogens (tertiary/aromatic N) is 1. The van der Waals surface area contributed by atoms with Gasteiger partial charge in [-0.25, -0.2) is 0 Å². The summed E-state index contributed by atoms with van der Waals surface area (Å²) in [6.07, 6.45) is 1.46. The van der Waals surface area contributed by atoms with Gasteiger partial charge in [0.15, 0.2) is 0 Å². The van der Waals surface area contributed by atoms with E-state index in [0.29, 0.717) is 32.0 Å². The number of hydrogen-bond donors (Lipinski definition) is 1. The monoisotopic (exact) mass is 228 g/mol. The number of amides is 1. The van der Waals surface area contributed by atoms with Gasteiger partial charge in [0.05, 0.1) is 13.1 Å². The van der Waals surface area contributed by atoms with E-state index >= 15 is 0 Å². The molecule has 0 saturated carbocycles.